The van der Waals surface area contributed by atoms with E-state index >= 15 is 0 Å². The van der Waals surface area contributed by atoms with Crippen LogP contribution in [0.15, 0.2) is 30.5 Å². The zero-order valence-corrected chi connectivity index (χ0v) is 10.6. The number of nitrogens with zero attached hydrogens (tertiary/aromatic N) is 2. The minimum atomic E-state index is -0.141. The summed E-state index contributed by atoms with van der Waals surface area (Å²) < 4.78 is 1.82. The van der Waals surface area contributed by atoms with Gasteiger partial charge in [-0.25, -0.2) is 5.43 Å². The van der Waals surface area contributed by atoms with Gasteiger partial charge in [0.1, 0.15) is 0 Å². The number of hydrogen-bond acceptors (Lipinski definition) is 3. The van der Waals surface area contributed by atoms with Crippen molar-refractivity contribution in [3.05, 3.63) is 52.3 Å². The molecule has 0 aliphatic heterocycles. The van der Waals surface area contributed by atoms with E-state index in [0.29, 0.717) is 5.02 Å². The van der Waals surface area contributed by atoms with E-state index in [1.54, 1.807) is 0 Å². The molecule has 2 rings (SSSR count). The maximum atomic E-state index is 6.18. The number of hydrazine groups is 1. The van der Waals surface area contributed by atoms with Crippen LogP contribution in [0.3, 0.4) is 0 Å². The number of rotatable bonds is 3. The van der Waals surface area contributed by atoms with Crippen LogP contribution in [-0.4, -0.2) is 9.78 Å². The molecule has 0 amide bonds. The van der Waals surface area contributed by atoms with Gasteiger partial charge in [0.25, 0.3) is 0 Å². The molecule has 0 aliphatic rings. The van der Waals surface area contributed by atoms with Gasteiger partial charge in [-0.1, -0.05) is 29.8 Å². The summed E-state index contributed by atoms with van der Waals surface area (Å²) in [4.78, 5) is 0. The van der Waals surface area contributed by atoms with Gasteiger partial charge in [-0.05, 0) is 18.6 Å². The number of hydrogen-bond donors (Lipinski definition) is 2. The standard InChI is InChI=1S/C12H15ClN4/c1-8-10(7-15-17(8)2)12(16-14)9-5-3-4-6-11(9)13/h3-7,12,16H,14H2,1-2H3. The fourth-order valence-electron chi connectivity index (χ4n) is 1.86. The minimum absolute atomic E-state index is 0.141. The summed E-state index contributed by atoms with van der Waals surface area (Å²) in [6, 6.07) is 7.51. The van der Waals surface area contributed by atoms with Crippen LogP contribution >= 0.6 is 11.6 Å². The molecule has 0 radical (unpaired) electrons. The van der Waals surface area contributed by atoms with Gasteiger partial charge in [0, 0.05) is 23.3 Å². The molecule has 3 N–H and O–H groups in total. The SMILES string of the molecule is Cc1c(C(NN)c2ccccc2Cl)cnn1C. The first-order valence-electron chi connectivity index (χ1n) is 5.34. The van der Waals surface area contributed by atoms with Crippen molar-refractivity contribution >= 4 is 11.6 Å². The molecule has 0 spiro atoms. The van der Waals surface area contributed by atoms with Crippen molar-refractivity contribution in [3.8, 4) is 0 Å². The highest BCUT2D eigenvalue weighted by Gasteiger charge is 2.19. The van der Waals surface area contributed by atoms with Crippen molar-refractivity contribution in [2.75, 3.05) is 0 Å². The van der Waals surface area contributed by atoms with Crippen molar-refractivity contribution in [2.45, 2.75) is 13.0 Å². The molecule has 1 aromatic heterocycles. The first-order valence-corrected chi connectivity index (χ1v) is 5.72. The fourth-order valence-corrected chi connectivity index (χ4v) is 2.10. The Hall–Kier alpha value is -1.36. The number of halogens is 1. The quantitative estimate of drug-likeness (QED) is 0.647. The number of benzene rings is 1. The van der Waals surface area contributed by atoms with Gasteiger partial charge in [0.2, 0.25) is 0 Å². The molecule has 4 nitrogen and oxygen atoms in total. The Kier molecular flexibility index (Phi) is 3.47. The van der Waals surface area contributed by atoms with Crippen LogP contribution in [0, 0.1) is 6.92 Å². The molecule has 1 atom stereocenters. The lowest BCUT2D eigenvalue weighted by atomic mass is 10.00. The van der Waals surface area contributed by atoms with Crippen LogP contribution in [0.2, 0.25) is 5.02 Å². The number of nitrogens with two attached hydrogens (primary N) is 1. The lowest BCUT2D eigenvalue weighted by molar-refractivity contribution is 0.630. The topological polar surface area (TPSA) is 55.9 Å². The highest BCUT2D eigenvalue weighted by molar-refractivity contribution is 6.31. The van der Waals surface area contributed by atoms with Crippen LogP contribution in [0.5, 0.6) is 0 Å². The molecule has 5 heteroatoms. The molecule has 1 heterocycles. The van der Waals surface area contributed by atoms with Gasteiger partial charge in [-0.2, -0.15) is 5.10 Å². The highest BCUT2D eigenvalue weighted by Crippen LogP contribution is 2.28. The predicted octanol–water partition coefficient (Wildman–Crippen LogP) is 1.93. The summed E-state index contributed by atoms with van der Waals surface area (Å²) >= 11 is 6.18. The van der Waals surface area contributed by atoms with Crippen molar-refractivity contribution in [1.82, 2.24) is 15.2 Å². The van der Waals surface area contributed by atoms with Crippen LogP contribution < -0.4 is 11.3 Å². The molecule has 1 unspecified atom stereocenters. The van der Waals surface area contributed by atoms with Crippen LogP contribution in [0.1, 0.15) is 22.9 Å². The Morgan fingerprint density at radius 3 is 2.59 bits per heavy atom. The summed E-state index contributed by atoms with van der Waals surface area (Å²) in [5, 5.41) is 4.91. The lowest BCUT2D eigenvalue weighted by Gasteiger charge is -2.17. The largest absolute Gasteiger partial charge is 0.273 e. The Morgan fingerprint density at radius 2 is 2.06 bits per heavy atom. The van der Waals surface area contributed by atoms with Crippen molar-refractivity contribution in [1.29, 1.82) is 0 Å². The Morgan fingerprint density at radius 1 is 1.35 bits per heavy atom. The fraction of sp³-hybridized carbons (Fsp3) is 0.250. The smallest absolute Gasteiger partial charge is 0.0757 e. The third-order valence-electron chi connectivity index (χ3n) is 2.97. The lowest BCUT2D eigenvalue weighted by Crippen LogP contribution is -2.29. The van der Waals surface area contributed by atoms with E-state index in [9.17, 15) is 0 Å². The minimum Gasteiger partial charge on any atom is -0.273 e. The highest BCUT2D eigenvalue weighted by atomic mass is 35.5. The van der Waals surface area contributed by atoms with Gasteiger partial charge in [0.05, 0.1) is 12.2 Å². The Labute approximate surface area is 105 Å². The molecule has 0 saturated heterocycles. The maximum Gasteiger partial charge on any atom is 0.0757 e. The molecular formula is C12H15ClN4. The second-order valence-corrected chi connectivity index (χ2v) is 4.34. The van der Waals surface area contributed by atoms with Crippen molar-refractivity contribution in [2.24, 2.45) is 12.9 Å². The molecule has 90 valence electrons. The van der Waals surface area contributed by atoms with E-state index in [1.807, 2.05) is 49.1 Å². The summed E-state index contributed by atoms with van der Waals surface area (Å²) in [6.45, 7) is 2.00. The molecule has 17 heavy (non-hydrogen) atoms. The van der Waals surface area contributed by atoms with Crippen LogP contribution in [0.25, 0.3) is 0 Å². The molecular weight excluding hydrogens is 236 g/mol. The molecule has 0 bridgehead atoms. The normalized spacial score (nSPS) is 12.7. The van der Waals surface area contributed by atoms with Gasteiger partial charge >= 0.3 is 0 Å². The van der Waals surface area contributed by atoms with Gasteiger partial charge in [-0.3, -0.25) is 10.5 Å². The van der Waals surface area contributed by atoms with E-state index in [2.05, 4.69) is 10.5 Å². The number of aryl methyl sites for hydroxylation is 1. The van der Waals surface area contributed by atoms with E-state index in [0.717, 1.165) is 16.8 Å². The summed E-state index contributed by atoms with van der Waals surface area (Å²) in [7, 11) is 1.90. The van der Waals surface area contributed by atoms with Gasteiger partial charge in [-0.15, -0.1) is 0 Å². The van der Waals surface area contributed by atoms with E-state index in [-0.39, 0.29) is 6.04 Å². The van der Waals surface area contributed by atoms with Crippen molar-refractivity contribution < 1.29 is 0 Å². The second kappa shape index (κ2) is 4.87. The maximum absolute atomic E-state index is 6.18. The first kappa shape index (κ1) is 12.1. The molecule has 2 aromatic rings. The van der Waals surface area contributed by atoms with E-state index in [4.69, 9.17) is 17.4 Å². The second-order valence-electron chi connectivity index (χ2n) is 3.93. The molecule has 0 saturated carbocycles. The first-order chi connectivity index (χ1) is 8.15. The summed E-state index contributed by atoms with van der Waals surface area (Å²) in [5.41, 5.74) is 5.84. The van der Waals surface area contributed by atoms with Crippen molar-refractivity contribution in [3.63, 3.8) is 0 Å². The molecule has 0 fully saturated rings. The summed E-state index contributed by atoms with van der Waals surface area (Å²) in [6.07, 6.45) is 1.81. The van der Waals surface area contributed by atoms with Gasteiger partial charge in [0.15, 0.2) is 0 Å². The van der Waals surface area contributed by atoms with Gasteiger partial charge < -0.3 is 0 Å². The molecule has 0 aliphatic carbocycles. The average molecular weight is 251 g/mol. The average Bonchev–Trinajstić information content (AvgIpc) is 2.65. The zero-order chi connectivity index (χ0) is 12.4. The Bertz CT molecular complexity index is 521. The third-order valence-corrected chi connectivity index (χ3v) is 3.31. The number of aromatic nitrogens is 2. The monoisotopic (exact) mass is 250 g/mol. The van der Waals surface area contributed by atoms with E-state index < -0.39 is 0 Å². The Balaban J connectivity index is 2.48. The van der Waals surface area contributed by atoms with Crippen LogP contribution in [0.4, 0.5) is 0 Å². The third kappa shape index (κ3) is 2.20. The summed E-state index contributed by atoms with van der Waals surface area (Å²) in [5.74, 6) is 5.64. The predicted molar refractivity (Wildman–Crippen MR) is 68.6 cm³/mol. The zero-order valence-electron chi connectivity index (χ0n) is 9.81. The van der Waals surface area contributed by atoms with E-state index in [1.165, 1.54) is 0 Å². The number of nitrogens with one attached hydrogen (secondary N) is 1. The van der Waals surface area contributed by atoms with Crippen LogP contribution in [-0.2, 0) is 7.05 Å². The molecule has 1 aromatic carbocycles.